The third-order valence-electron chi connectivity index (χ3n) is 3.39. The van der Waals surface area contributed by atoms with Gasteiger partial charge >= 0.3 is 0 Å². The van der Waals surface area contributed by atoms with Crippen LogP contribution in [0.25, 0.3) is 0 Å². The summed E-state index contributed by atoms with van der Waals surface area (Å²) in [7, 11) is 2.16. The highest BCUT2D eigenvalue weighted by atomic mass is 79.9. The van der Waals surface area contributed by atoms with Crippen molar-refractivity contribution >= 4 is 15.9 Å². The highest BCUT2D eigenvalue weighted by Gasteiger charge is 2.44. The Labute approximate surface area is 106 Å². The molecule has 3 heteroatoms. The smallest absolute Gasteiger partial charge is 0.0175 e. The number of nitrogens with zero attached hydrogens (tertiary/aromatic N) is 1. The minimum absolute atomic E-state index is 0.407. The van der Waals surface area contributed by atoms with Crippen molar-refractivity contribution in [2.24, 2.45) is 5.73 Å². The van der Waals surface area contributed by atoms with Crippen LogP contribution in [0.5, 0.6) is 0 Å². The zero-order valence-corrected chi connectivity index (χ0v) is 11.3. The van der Waals surface area contributed by atoms with E-state index in [1.807, 2.05) is 0 Å². The molecule has 2 rings (SSSR count). The van der Waals surface area contributed by atoms with E-state index in [9.17, 15) is 0 Å². The molecule has 88 valence electrons. The first-order valence-corrected chi connectivity index (χ1v) is 6.60. The van der Waals surface area contributed by atoms with Gasteiger partial charge in [-0.05, 0) is 37.6 Å². The molecule has 0 atom stereocenters. The predicted molar refractivity (Wildman–Crippen MR) is 71.6 cm³/mol. The molecule has 0 heterocycles. The van der Waals surface area contributed by atoms with Crippen LogP contribution in [0, 0.1) is 0 Å². The fourth-order valence-corrected chi connectivity index (χ4v) is 2.57. The van der Waals surface area contributed by atoms with Crippen molar-refractivity contribution in [3.05, 3.63) is 34.3 Å². The first-order valence-electron chi connectivity index (χ1n) is 5.81. The summed E-state index contributed by atoms with van der Waals surface area (Å²) in [6.45, 7) is 2.86. The number of likely N-dealkylation sites (N-methyl/N-ethyl adjacent to an activating group) is 1. The molecule has 0 saturated heterocycles. The van der Waals surface area contributed by atoms with Crippen molar-refractivity contribution in [3.8, 4) is 0 Å². The third kappa shape index (κ3) is 2.65. The topological polar surface area (TPSA) is 29.3 Å². The Morgan fingerprint density at radius 1 is 1.31 bits per heavy atom. The van der Waals surface area contributed by atoms with E-state index >= 15 is 0 Å². The lowest BCUT2D eigenvalue weighted by atomic mass is 9.95. The molecule has 0 bridgehead atoms. The standard InChI is InChI=1S/C13H19BrN2/c1-16(9-8-15)10-13(6-7-13)11-2-4-12(14)5-3-11/h2-5H,6-10,15H2,1H3. The average Bonchev–Trinajstić information content (AvgIpc) is 3.00. The fraction of sp³-hybridized carbons (Fsp3) is 0.538. The number of hydrogen-bond donors (Lipinski definition) is 1. The second-order valence-corrected chi connectivity index (χ2v) is 5.73. The summed E-state index contributed by atoms with van der Waals surface area (Å²) in [4.78, 5) is 2.34. The van der Waals surface area contributed by atoms with E-state index in [2.05, 4.69) is 52.1 Å². The van der Waals surface area contributed by atoms with Gasteiger partial charge in [0.25, 0.3) is 0 Å². The Bertz CT molecular complexity index is 343. The number of benzene rings is 1. The maximum atomic E-state index is 5.58. The maximum Gasteiger partial charge on any atom is 0.0175 e. The molecule has 1 aromatic carbocycles. The molecule has 2 N–H and O–H groups in total. The molecule has 1 aromatic rings. The Kier molecular flexibility index (Phi) is 3.67. The van der Waals surface area contributed by atoms with Gasteiger partial charge in [-0.25, -0.2) is 0 Å². The van der Waals surface area contributed by atoms with Crippen molar-refractivity contribution in [3.63, 3.8) is 0 Å². The Hall–Kier alpha value is -0.380. The van der Waals surface area contributed by atoms with Crippen molar-refractivity contribution < 1.29 is 0 Å². The van der Waals surface area contributed by atoms with E-state index < -0.39 is 0 Å². The van der Waals surface area contributed by atoms with Crippen LogP contribution in [0.1, 0.15) is 18.4 Å². The summed E-state index contributed by atoms with van der Waals surface area (Å²) < 4.78 is 1.15. The molecule has 0 aromatic heterocycles. The van der Waals surface area contributed by atoms with Crippen molar-refractivity contribution in [2.45, 2.75) is 18.3 Å². The number of rotatable bonds is 5. The second-order valence-electron chi connectivity index (χ2n) is 4.81. The first-order chi connectivity index (χ1) is 7.66. The van der Waals surface area contributed by atoms with Crippen LogP contribution in [0.3, 0.4) is 0 Å². The van der Waals surface area contributed by atoms with Crippen LogP contribution >= 0.6 is 15.9 Å². The molecule has 16 heavy (non-hydrogen) atoms. The highest BCUT2D eigenvalue weighted by Crippen LogP contribution is 2.48. The zero-order valence-electron chi connectivity index (χ0n) is 9.75. The fourth-order valence-electron chi connectivity index (χ4n) is 2.31. The molecule has 0 unspecified atom stereocenters. The summed E-state index contributed by atoms with van der Waals surface area (Å²) in [5.41, 5.74) is 7.46. The Balaban J connectivity index is 2.05. The average molecular weight is 283 g/mol. The van der Waals surface area contributed by atoms with E-state index in [4.69, 9.17) is 5.73 Å². The lowest BCUT2D eigenvalue weighted by molar-refractivity contribution is 0.310. The lowest BCUT2D eigenvalue weighted by Crippen LogP contribution is -2.33. The van der Waals surface area contributed by atoms with Gasteiger partial charge in [-0.2, -0.15) is 0 Å². The van der Waals surface area contributed by atoms with Crippen molar-refractivity contribution in [1.29, 1.82) is 0 Å². The summed E-state index contributed by atoms with van der Waals surface area (Å²) in [6.07, 6.45) is 2.62. The quantitative estimate of drug-likeness (QED) is 0.899. The molecule has 0 radical (unpaired) electrons. The molecule has 1 aliphatic carbocycles. The van der Waals surface area contributed by atoms with Gasteiger partial charge in [-0.1, -0.05) is 28.1 Å². The van der Waals surface area contributed by atoms with Gasteiger partial charge in [0, 0.05) is 29.5 Å². The number of nitrogens with two attached hydrogens (primary N) is 1. The van der Waals surface area contributed by atoms with Gasteiger partial charge in [-0.15, -0.1) is 0 Å². The summed E-state index contributed by atoms with van der Waals surface area (Å²) in [6, 6.07) is 8.76. The first kappa shape index (κ1) is 12.1. The molecule has 1 saturated carbocycles. The molecular formula is C13H19BrN2. The molecular weight excluding hydrogens is 264 g/mol. The maximum absolute atomic E-state index is 5.58. The number of halogens is 1. The molecule has 2 nitrogen and oxygen atoms in total. The van der Waals surface area contributed by atoms with Crippen molar-refractivity contribution in [2.75, 3.05) is 26.7 Å². The summed E-state index contributed by atoms with van der Waals surface area (Å²) in [5.74, 6) is 0. The minimum atomic E-state index is 0.407. The van der Waals surface area contributed by atoms with E-state index in [0.717, 1.165) is 24.1 Å². The SMILES string of the molecule is CN(CCN)CC1(c2ccc(Br)cc2)CC1. The van der Waals surface area contributed by atoms with Crippen molar-refractivity contribution in [1.82, 2.24) is 4.90 Å². The molecule has 0 amide bonds. The van der Waals surface area contributed by atoms with E-state index in [1.54, 1.807) is 0 Å². The normalized spacial score (nSPS) is 17.8. The summed E-state index contributed by atoms with van der Waals surface area (Å²) in [5, 5.41) is 0. The van der Waals surface area contributed by atoms with Crippen LogP contribution in [-0.4, -0.2) is 31.6 Å². The second kappa shape index (κ2) is 4.86. The highest BCUT2D eigenvalue weighted by molar-refractivity contribution is 9.10. The zero-order chi connectivity index (χ0) is 11.6. The van der Waals surface area contributed by atoms with Gasteiger partial charge in [-0.3, -0.25) is 0 Å². The molecule has 0 spiro atoms. The van der Waals surface area contributed by atoms with Gasteiger partial charge < -0.3 is 10.6 Å². The number of hydrogen-bond acceptors (Lipinski definition) is 2. The summed E-state index contributed by atoms with van der Waals surface area (Å²) >= 11 is 3.48. The van der Waals surface area contributed by atoms with Crippen LogP contribution < -0.4 is 5.73 Å². The van der Waals surface area contributed by atoms with Gasteiger partial charge in [0.2, 0.25) is 0 Å². The largest absolute Gasteiger partial charge is 0.329 e. The van der Waals surface area contributed by atoms with Crippen LogP contribution in [0.15, 0.2) is 28.7 Å². The van der Waals surface area contributed by atoms with Crippen LogP contribution in [0.4, 0.5) is 0 Å². The molecule has 1 aliphatic rings. The predicted octanol–water partition coefficient (Wildman–Crippen LogP) is 2.37. The van der Waals surface area contributed by atoms with E-state index in [1.165, 1.54) is 18.4 Å². The monoisotopic (exact) mass is 282 g/mol. The Morgan fingerprint density at radius 2 is 1.94 bits per heavy atom. The van der Waals surface area contributed by atoms with E-state index in [0.29, 0.717) is 5.41 Å². The van der Waals surface area contributed by atoms with E-state index in [-0.39, 0.29) is 0 Å². The Morgan fingerprint density at radius 3 is 2.44 bits per heavy atom. The molecule has 0 aliphatic heterocycles. The van der Waals surface area contributed by atoms with Crippen LogP contribution in [-0.2, 0) is 5.41 Å². The van der Waals surface area contributed by atoms with Gasteiger partial charge in [0.1, 0.15) is 0 Å². The van der Waals surface area contributed by atoms with Gasteiger partial charge in [0.15, 0.2) is 0 Å². The minimum Gasteiger partial charge on any atom is -0.329 e. The third-order valence-corrected chi connectivity index (χ3v) is 3.92. The lowest BCUT2D eigenvalue weighted by Gasteiger charge is -2.23. The van der Waals surface area contributed by atoms with Crippen LogP contribution in [0.2, 0.25) is 0 Å². The van der Waals surface area contributed by atoms with Gasteiger partial charge in [0.05, 0.1) is 0 Å². The molecule has 1 fully saturated rings.